The maximum atomic E-state index is 10.5. The molecule has 19 heavy (non-hydrogen) atoms. The monoisotopic (exact) mass is 326 g/mol. The fraction of sp³-hybridized carbons (Fsp3) is 0.625. The molecule has 0 heterocycles. The lowest BCUT2D eigenvalue weighted by Gasteiger charge is -2.32. The number of hydrogen-bond donors (Lipinski definition) is 1. The van der Waals surface area contributed by atoms with Crippen LogP contribution in [0.5, 0.6) is 5.75 Å². The van der Waals surface area contributed by atoms with Crippen molar-refractivity contribution in [3.05, 3.63) is 28.2 Å². The van der Waals surface area contributed by atoms with Gasteiger partial charge < -0.3 is 9.84 Å². The van der Waals surface area contributed by atoms with E-state index >= 15 is 0 Å². The number of rotatable bonds is 4. The molecular formula is C16H23BrO2. The van der Waals surface area contributed by atoms with E-state index in [1.165, 1.54) is 12.0 Å². The third-order valence-corrected chi connectivity index (χ3v) is 4.37. The van der Waals surface area contributed by atoms with E-state index < -0.39 is 5.60 Å². The third kappa shape index (κ3) is 3.96. The van der Waals surface area contributed by atoms with E-state index in [2.05, 4.69) is 35.8 Å². The summed E-state index contributed by atoms with van der Waals surface area (Å²) in [6, 6.07) is 6.09. The van der Waals surface area contributed by atoms with E-state index in [0.29, 0.717) is 12.5 Å². The predicted octanol–water partition coefficient (Wildman–Crippen LogP) is 4.65. The van der Waals surface area contributed by atoms with E-state index in [9.17, 15) is 5.11 Å². The van der Waals surface area contributed by atoms with Gasteiger partial charge in [-0.25, -0.2) is 0 Å². The van der Waals surface area contributed by atoms with E-state index in [0.717, 1.165) is 35.9 Å². The average molecular weight is 327 g/mol. The van der Waals surface area contributed by atoms with Crippen LogP contribution in [0.4, 0.5) is 0 Å². The molecular weight excluding hydrogens is 304 g/mol. The van der Waals surface area contributed by atoms with E-state index in [1.54, 1.807) is 0 Å². The van der Waals surface area contributed by atoms with Crippen LogP contribution in [0.2, 0.25) is 0 Å². The average Bonchev–Trinajstić information content (AvgIpc) is 2.38. The fourth-order valence-electron chi connectivity index (χ4n) is 2.67. The molecule has 1 N–H and O–H groups in total. The lowest BCUT2D eigenvalue weighted by atomic mass is 9.85. The number of aliphatic hydroxyl groups is 1. The molecule has 0 atom stereocenters. The first-order valence-electron chi connectivity index (χ1n) is 7.15. The summed E-state index contributed by atoms with van der Waals surface area (Å²) >= 11 is 3.50. The van der Waals surface area contributed by atoms with Crippen molar-refractivity contribution in [2.45, 2.75) is 57.5 Å². The van der Waals surface area contributed by atoms with Crippen LogP contribution in [-0.4, -0.2) is 17.3 Å². The van der Waals surface area contributed by atoms with Gasteiger partial charge in [0.2, 0.25) is 0 Å². The molecule has 1 aromatic rings. The number of benzene rings is 1. The maximum Gasteiger partial charge on any atom is 0.122 e. The first-order valence-corrected chi connectivity index (χ1v) is 7.94. The SMILES string of the molecule is CC(C)c1cc(Br)ccc1OCC1(O)CCCCC1. The van der Waals surface area contributed by atoms with Crippen LogP contribution in [0, 0.1) is 0 Å². The Balaban J connectivity index is 2.06. The molecule has 3 heteroatoms. The van der Waals surface area contributed by atoms with Crippen molar-refractivity contribution in [3.8, 4) is 5.75 Å². The Morgan fingerprint density at radius 1 is 1.26 bits per heavy atom. The minimum absolute atomic E-state index is 0.411. The van der Waals surface area contributed by atoms with Gasteiger partial charge in [0.1, 0.15) is 12.4 Å². The number of hydrogen-bond acceptors (Lipinski definition) is 2. The largest absolute Gasteiger partial charge is 0.490 e. The van der Waals surface area contributed by atoms with Crippen molar-refractivity contribution in [2.75, 3.05) is 6.61 Å². The van der Waals surface area contributed by atoms with Crippen molar-refractivity contribution in [3.63, 3.8) is 0 Å². The van der Waals surface area contributed by atoms with Gasteiger partial charge in [-0.05, 0) is 42.5 Å². The summed E-state index contributed by atoms with van der Waals surface area (Å²) in [6.45, 7) is 4.72. The maximum absolute atomic E-state index is 10.5. The van der Waals surface area contributed by atoms with Gasteiger partial charge >= 0.3 is 0 Å². The molecule has 1 saturated carbocycles. The molecule has 0 saturated heterocycles. The topological polar surface area (TPSA) is 29.5 Å². The Hall–Kier alpha value is -0.540. The molecule has 0 aliphatic heterocycles. The van der Waals surface area contributed by atoms with Crippen LogP contribution in [0.15, 0.2) is 22.7 Å². The molecule has 0 spiro atoms. The second-order valence-electron chi connectivity index (χ2n) is 5.91. The van der Waals surface area contributed by atoms with Gasteiger partial charge in [-0.15, -0.1) is 0 Å². The van der Waals surface area contributed by atoms with Crippen molar-refractivity contribution in [1.82, 2.24) is 0 Å². The summed E-state index contributed by atoms with van der Waals surface area (Å²) in [5.74, 6) is 1.31. The van der Waals surface area contributed by atoms with Crippen molar-refractivity contribution >= 4 is 15.9 Å². The van der Waals surface area contributed by atoms with Gasteiger partial charge in [0, 0.05) is 4.47 Å². The quantitative estimate of drug-likeness (QED) is 0.872. The van der Waals surface area contributed by atoms with Crippen molar-refractivity contribution in [1.29, 1.82) is 0 Å². The first kappa shape index (κ1) is 14.9. The van der Waals surface area contributed by atoms with Crippen LogP contribution in [0.3, 0.4) is 0 Å². The van der Waals surface area contributed by atoms with Crippen molar-refractivity contribution < 1.29 is 9.84 Å². The molecule has 0 amide bonds. The van der Waals surface area contributed by atoms with E-state index in [-0.39, 0.29) is 0 Å². The standard InChI is InChI=1S/C16H23BrO2/c1-12(2)14-10-13(17)6-7-15(14)19-11-16(18)8-4-3-5-9-16/h6-7,10,12,18H,3-5,8-9,11H2,1-2H3. The highest BCUT2D eigenvalue weighted by atomic mass is 79.9. The first-order chi connectivity index (χ1) is 9.00. The van der Waals surface area contributed by atoms with Crippen LogP contribution in [0.1, 0.15) is 57.4 Å². The molecule has 0 unspecified atom stereocenters. The highest BCUT2D eigenvalue weighted by Gasteiger charge is 2.30. The number of halogens is 1. The van der Waals surface area contributed by atoms with Gasteiger partial charge in [-0.1, -0.05) is 49.0 Å². The zero-order valence-corrected chi connectivity index (χ0v) is 13.4. The van der Waals surface area contributed by atoms with Crippen molar-refractivity contribution in [2.24, 2.45) is 0 Å². The lowest BCUT2D eigenvalue weighted by Crippen LogP contribution is -2.38. The van der Waals surface area contributed by atoms with Gasteiger partial charge in [-0.3, -0.25) is 0 Å². The zero-order valence-electron chi connectivity index (χ0n) is 11.8. The summed E-state index contributed by atoms with van der Waals surface area (Å²) in [5, 5.41) is 10.5. The smallest absolute Gasteiger partial charge is 0.122 e. The van der Waals surface area contributed by atoms with E-state index in [4.69, 9.17) is 4.74 Å². The van der Waals surface area contributed by atoms with Gasteiger partial charge in [-0.2, -0.15) is 0 Å². The van der Waals surface area contributed by atoms with Gasteiger partial charge in [0.25, 0.3) is 0 Å². The summed E-state index contributed by atoms with van der Waals surface area (Å²) in [6.07, 6.45) is 5.17. The fourth-order valence-corrected chi connectivity index (χ4v) is 3.05. The molecule has 0 aromatic heterocycles. The summed E-state index contributed by atoms with van der Waals surface area (Å²) in [5.41, 5.74) is 0.563. The molecule has 1 aliphatic rings. The second kappa shape index (κ2) is 6.27. The summed E-state index contributed by atoms with van der Waals surface area (Å²) in [7, 11) is 0. The Morgan fingerprint density at radius 3 is 2.58 bits per heavy atom. The Labute approximate surface area is 124 Å². The van der Waals surface area contributed by atoms with E-state index in [1.807, 2.05) is 12.1 Å². The predicted molar refractivity (Wildman–Crippen MR) is 81.8 cm³/mol. The molecule has 2 nitrogen and oxygen atoms in total. The molecule has 106 valence electrons. The molecule has 0 bridgehead atoms. The molecule has 2 rings (SSSR count). The third-order valence-electron chi connectivity index (χ3n) is 3.87. The number of ether oxygens (including phenoxy) is 1. The van der Waals surface area contributed by atoms with Crippen LogP contribution in [-0.2, 0) is 0 Å². The molecule has 1 aromatic carbocycles. The lowest BCUT2D eigenvalue weighted by molar-refractivity contribution is -0.0341. The highest BCUT2D eigenvalue weighted by molar-refractivity contribution is 9.10. The second-order valence-corrected chi connectivity index (χ2v) is 6.83. The molecule has 0 radical (unpaired) electrons. The normalized spacial score (nSPS) is 18.6. The zero-order chi connectivity index (χ0) is 13.9. The highest BCUT2D eigenvalue weighted by Crippen LogP contribution is 2.32. The molecule has 1 aliphatic carbocycles. The summed E-state index contributed by atoms with van der Waals surface area (Å²) in [4.78, 5) is 0. The summed E-state index contributed by atoms with van der Waals surface area (Å²) < 4.78 is 6.99. The Morgan fingerprint density at radius 2 is 1.95 bits per heavy atom. The Kier molecular flexibility index (Phi) is 4.91. The van der Waals surface area contributed by atoms with Gasteiger partial charge in [0.15, 0.2) is 0 Å². The minimum atomic E-state index is -0.625. The van der Waals surface area contributed by atoms with Crippen LogP contribution in [0.25, 0.3) is 0 Å². The molecule has 1 fully saturated rings. The Bertz CT molecular complexity index is 423. The van der Waals surface area contributed by atoms with Crippen LogP contribution >= 0.6 is 15.9 Å². The minimum Gasteiger partial charge on any atom is -0.490 e. The van der Waals surface area contributed by atoms with Gasteiger partial charge in [0.05, 0.1) is 5.60 Å². The van der Waals surface area contributed by atoms with Crippen LogP contribution < -0.4 is 4.74 Å².